The Hall–Kier alpha value is -0.610. The lowest BCUT2D eigenvalue weighted by Crippen LogP contribution is -1.87. The lowest BCUT2D eigenvalue weighted by atomic mass is 10.1. The van der Waals surface area contributed by atoms with Gasteiger partial charge in [-0.3, -0.25) is 4.98 Å². The van der Waals surface area contributed by atoms with E-state index in [0.717, 1.165) is 14.8 Å². The van der Waals surface area contributed by atoms with Crippen molar-refractivity contribution < 1.29 is 0 Å². The van der Waals surface area contributed by atoms with E-state index in [2.05, 4.69) is 33.6 Å². The van der Waals surface area contributed by atoms with Crippen LogP contribution in [0.2, 0.25) is 5.02 Å². The summed E-state index contributed by atoms with van der Waals surface area (Å²) in [5, 5.41) is 0.671. The van der Waals surface area contributed by atoms with Crippen LogP contribution in [-0.4, -0.2) is 4.98 Å². The van der Waals surface area contributed by atoms with Gasteiger partial charge in [-0.2, -0.15) is 0 Å². The van der Waals surface area contributed by atoms with Gasteiger partial charge in [-0.15, -0.1) is 0 Å². The van der Waals surface area contributed by atoms with Crippen molar-refractivity contribution in [1.29, 1.82) is 0 Å². The van der Waals surface area contributed by atoms with E-state index in [9.17, 15) is 0 Å². The van der Waals surface area contributed by atoms with Crippen LogP contribution in [0.15, 0.2) is 36.5 Å². The molecule has 69 valence electrons. The summed E-state index contributed by atoms with van der Waals surface area (Å²) in [6.07, 6.45) is 1.74. The highest BCUT2D eigenvalue weighted by atomic mass is 127. The van der Waals surface area contributed by atoms with Crippen LogP contribution in [-0.2, 0) is 0 Å². The van der Waals surface area contributed by atoms with Crippen LogP contribution >= 0.6 is 34.2 Å². The number of pyridine rings is 1. The van der Waals surface area contributed by atoms with E-state index in [1.54, 1.807) is 6.20 Å². The minimum absolute atomic E-state index is 0.671. The van der Waals surface area contributed by atoms with Crippen molar-refractivity contribution in [3.63, 3.8) is 0 Å². The van der Waals surface area contributed by atoms with Crippen molar-refractivity contribution >= 4 is 34.2 Å². The van der Waals surface area contributed by atoms with Crippen LogP contribution in [0.25, 0.3) is 11.3 Å². The van der Waals surface area contributed by atoms with Gasteiger partial charge in [-0.25, -0.2) is 0 Å². The molecule has 0 aliphatic carbocycles. The Kier molecular flexibility index (Phi) is 3.03. The molecule has 1 radical (unpaired) electrons. The fraction of sp³-hybridized carbons (Fsp3) is 0. The van der Waals surface area contributed by atoms with Crippen molar-refractivity contribution in [3.8, 4) is 11.3 Å². The van der Waals surface area contributed by atoms with Gasteiger partial charge >= 0.3 is 0 Å². The fourth-order valence-corrected chi connectivity index (χ4v) is 2.02. The van der Waals surface area contributed by atoms with Gasteiger partial charge in [0.05, 0.1) is 10.7 Å². The molecule has 1 nitrogen and oxygen atoms in total. The molecule has 1 aromatic heterocycles. The second-order valence-electron chi connectivity index (χ2n) is 2.73. The molecule has 0 aliphatic rings. The van der Waals surface area contributed by atoms with Crippen LogP contribution in [0.1, 0.15) is 0 Å². The first-order chi connectivity index (χ1) is 6.79. The molecule has 1 aromatic carbocycles. The highest BCUT2D eigenvalue weighted by molar-refractivity contribution is 14.1. The Balaban J connectivity index is 2.61. The van der Waals surface area contributed by atoms with Gasteiger partial charge < -0.3 is 0 Å². The van der Waals surface area contributed by atoms with Gasteiger partial charge in [-0.05, 0) is 40.8 Å². The summed E-state index contributed by atoms with van der Waals surface area (Å²) in [6, 6.07) is 12.6. The molecular weight excluding hydrogens is 308 g/mol. The molecule has 0 atom stereocenters. The van der Waals surface area contributed by atoms with Crippen LogP contribution in [0, 0.1) is 9.64 Å². The van der Waals surface area contributed by atoms with Gasteiger partial charge in [0.15, 0.2) is 0 Å². The molecule has 0 saturated heterocycles. The Morgan fingerprint density at radius 1 is 1.29 bits per heavy atom. The summed E-state index contributed by atoms with van der Waals surface area (Å²) in [4.78, 5) is 4.25. The number of hydrogen-bond acceptors (Lipinski definition) is 1. The van der Waals surface area contributed by atoms with Crippen LogP contribution in [0.5, 0.6) is 0 Å². The summed E-state index contributed by atoms with van der Waals surface area (Å²) >= 11 is 8.28. The van der Waals surface area contributed by atoms with Crippen molar-refractivity contribution in [1.82, 2.24) is 4.98 Å². The molecule has 1 heterocycles. The molecule has 2 rings (SSSR count). The third-order valence-corrected chi connectivity index (χ3v) is 3.02. The Morgan fingerprint density at radius 3 is 2.86 bits per heavy atom. The monoisotopic (exact) mass is 314 g/mol. The first-order valence-corrected chi connectivity index (χ1v) is 5.52. The van der Waals surface area contributed by atoms with E-state index in [0.29, 0.717) is 5.02 Å². The topological polar surface area (TPSA) is 12.9 Å². The van der Waals surface area contributed by atoms with E-state index in [1.807, 2.05) is 30.3 Å². The van der Waals surface area contributed by atoms with Crippen molar-refractivity contribution in [3.05, 3.63) is 51.2 Å². The number of rotatable bonds is 1. The zero-order valence-electron chi connectivity index (χ0n) is 7.17. The maximum atomic E-state index is 6.05. The average Bonchev–Trinajstić information content (AvgIpc) is 2.20. The zero-order chi connectivity index (χ0) is 9.97. The molecule has 0 aliphatic heterocycles. The van der Waals surface area contributed by atoms with Crippen molar-refractivity contribution in [2.24, 2.45) is 0 Å². The molecule has 0 saturated carbocycles. The number of nitrogens with zero attached hydrogens (tertiary/aromatic N) is 1. The summed E-state index contributed by atoms with van der Waals surface area (Å²) in [5.74, 6) is 0. The Morgan fingerprint density at radius 2 is 2.14 bits per heavy atom. The van der Waals surface area contributed by atoms with E-state index >= 15 is 0 Å². The number of hydrogen-bond donors (Lipinski definition) is 0. The van der Waals surface area contributed by atoms with Crippen molar-refractivity contribution in [2.75, 3.05) is 0 Å². The minimum atomic E-state index is 0.671. The largest absolute Gasteiger partial charge is 0.255 e. The summed E-state index contributed by atoms with van der Waals surface area (Å²) in [7, 11) is 0. The number of aromatic nitrogens is 1. The van der Waals surface area contributed by atoms with E-state index in [4.69, 9.17) is 11.6 Å². The number of benzene rings is 1. The van der Waals surface area contributed by atoms with Gasteiger partial charge in [0, 0.05) is 15.3 Å². The molecule has 0 fully saturated rings. The van der Waals surface area contributed by atoms with E-state index < -0.39 is 0 Å². The molecule has 0 N–H and O–H groups in total. The normalized spacial score (nSPS) is 10.1. The predicted molar refractivity (Wildman–Crippen MR) is 66.2 cm³/mol. The third kappa shape index (κ3) is 1.91. The SMILES string of the molecule is Clc1cccnc1-c1ccc[c]c1I. The second-order valence-corrected chi connectivity index (χ2v) is 4.22. The van der Waals surface area contributed by atoms with Crippen molar-refractivity contribution in [2.45, 2.75) is 0 Å². The van der Waals surface area contributed by atoms with Crippen LogP contribution in [0.4, 0.5) is 0 Å². The molecule has 0 unspecified atom stereocenters. The van der Waals surface area contributed by atoms with Gasteiger partial charge in [0.1, 0.15) is 0 Å². The fourth-order valence-electron chi connectivity index (χ4n) is 1.18. The molecule has 2 aromatic rings. The molecule has 3 heteroatoms. The second kappa shape index (κ2) is 4.28. The maximum Gasteiger partial charge on any atom is 0.0898 e. The van der Waals surface area contributed by atoms with Crippen LogP contribution < -0.4 is 0 Å². The smallest absolute Gasteiger partial charge is 0.0898 e. The highest BCUT2D eigenvalue weighted by Gasteiger charge is 2.06. The predicted octanol–water partition coefficient (Wildman–Crippen LogP) is 3.81. The molecular formula is C11H6ClIN. The summed E-state index contributed by atoms with van der Waals surface area (Å²) < 4.78 is 1.03. The van der Waals surface area contributed by atoms with Gasteiger partial charge in [0.25, 0.3) is 0 Å². The third-order valence-electron chi connectivity index (χ3n) is 1.82. The highest BCUT2D eigenvalue weighted by Crippen LogP contribution is 2.28. The van der Waals surface area contributed by atoms with E-state index in [-0.39, 0.29) is 0 Å². The molecule has 0 amide bonds. The Labute approximate surface area is 101 Å². The molecule has 0 bridgehead atoms. The summed E-state index contributed by atoms with van der Waals surface area (Å²) in [5.41, 5.74) is 1.84. The van der Waals surface area contributed by atoms with Gasteiger partial charge in [-0.1, -0.05) is 29.8 Å². The van der Waals surface area contributed by atoms with Crippen LogP contribution in [0.3, 0.4) is 0 Å². The standard InChI is InChI=1S/C11H6ClIN/c12-9-5-3-7-14-11(9)8-4-1-2-6-10(8)13/h1-5,7H. The molecule has 0 spiro atoms. The lowest BCUT2D eigenvalue weighted by Gasteiger charge is -2.04. The minimum Gasteiger partial charge on any atom is -0.255 e. The quantitative estimate of drug-likeness (QED) is 0.730. The number of halogens is 2. The Bertz CT molecular complexity index is 413. The maximum absolute atomic E-state index is 6.05. The average molecular weight is 315 g/mol. The summed E-state index contributed by atoms with van der Waals surface area (Å²) in [6.45, 7) is 0. The van der Waals surface area contributed by atoms with Gasteiger partial charge in [0.2, 0.25) is 0 Å². The first kappa shape index (κ1) is 9.93. The molecule has 14 heavy (non-hydrogen) atoms. The lowest BCUT2D eigenvalue weighted by molar-refractivity contribution is 1.32. The first-order valence-electron chi connectivity index (χ1n) is 4.06. The van der Waals surface area contributed by atoms with E-state index in [1.165, 1.54) is 0 Å². The zero-order valence-corrected chi connectivity index (χ0v) is 10.1.